The molecule has 0 saturated carbocycles. The SMILES string of the molecule is CC1(C)COB(c2cc(Cc3nn(C4COCC[C@@H]4C#N)cc3C(N)=O)ccc2C(C)(C)O[Si](C)(C)C(C)(C)C)OC1.CC1(C)OB(O)c2cc(Cc3nn(C4COCC[C@@H]4C#N)cc3C(N)=O)ccc21. The standard InChI is InChI=1S/C31H47BN4O5Si.C20H23BN4O4/c1-29(2,3)42(8,9)41-31(6,7)24-11-10-21(14-25(24)32-39-19-30(4,5)20-40-32)15-26-23(28(34)37)17-36(35-26)27-18-38-13-12-22(27)16-33;1-20(2)15-4-3-12(7-16(15)21(27)29-20)8-17-14(19(23)26)10-25(24-17)18-11-28-6-5-13(18)9-22/h10-11,14,17,22,27H,12-13,15,18-20H2,1-9H3,(H2,34,37);3-4,7,10,13,18,27H,5-6,8,11H2,1-2H3,(H2,23,26)/t22-,27?;13-,18?/m11/s1. The zero-order chi connectivity index (χ0) is 51.8. The molecule has 8 rings (SSSR count). The van der Waals surface area contributed by atoms with E-state index in [1.54, 1.807) is 21.8 Å². The third-order valence-electron chi connectivity index (χ3n) is 14.6. The molecule has 4 aromatic rings. The van der Waals surface area contributed by atoms with Crippen molar-refractivity contribution in [3.05, 3.63) is 93.6 Å². The quantitative estimate of drug-likeness (QED) is 0.152. The summed E-state index contributed by atoms with van der Waals surface area (Å²) in [6.45, 7) is 26.5. The van der Waals surface area contributed by atoms with Gasteiger partial charge >= 0.3 is 14.2 Å². The van der Waals surface area contributed by atoms with Gasteiger partial charge in [0, 0.05) is 57.1 Å². The minimum Gasteiger partial charge on any atom is -0.423 e. The molecule has 0 bridgehead atoms. The maximum absolute atomic E-state index is 12.5. The summed E-state index contributed by atoms with van der Waals surface area (Å²) >= 11 is 0. The molecule has 2 aromatic heterocycles. The Morgan fingerprint density at radius 1 is 0.817 bits per heavy atom. The van der Waals surface area contributed by atoms with Crippen molar-refractivity contribution in [1.82, 2.24) is 19.6 Å². The average Bonchev–Trinajstić information content (AvgIpc) is 3.99. The zero-order valence-electron chi connectivity index (χ0n) is 43.2. The van der Waals surface area contributed by atoms with Crippen LogP contribution in [-0.4, -0.2) is 98.6 Å². The number of aromatic nitrogens is 4. The van der Waals surface area contributed by atoms with Gasteiger partial charge in [0.15, 0.2) is 8.32 Å². The van der Waals surface area contributed by atoms with Crippen LogP contribution in [-0.2, 0) is 51.9 Å². The minimum atomic E-state index is -2.11. The molecule has 0 spiro atoms. The van der Waals surface area contributed by atoms with E-state index in [9.17, 15) is 25.1 Å². The molecule has 6 heterocycles. The van der Waals surface area contributed by atoms with Gasteiger partial charge in [-0.1, -0.05) is 71.0 Å². The highest BCUT2D eigenvalue weighted by Crippen LogP contribution is 2.42. The largest absolute Gasteiger partial charge is 0.494 e. The van der Waals surface area contributed by atoms with Gasteiger partial charge in [0.25, 0.3) is 11.8 Å². The van der Waals surface area contributed by atoms with E-state index in [-0.39, 0.29) is 34.4 Å². The second-order valence-corrected chi connectivity index (χ2v) is 27.4. The smallest absolute Gasteiger partial charge is 0.423 e. The molecule has 4 atom stereocenters. The van der Waals surface area contributed by atoms with Gasteiger partial charge in [-0.25, -0.2) is 0 Å². The van der Waals surface area contributed by atoms with Crippen LogP contribution in [0.3, 0.4) is 0 Å². The van der Waals surface area contributed by atoms with Crippen molar-refractivity contribution in [2.24, 2.45) is 28.7 Å². The minimum absolute atomic E-state index is 0.0458. The molecule has 20 heteroatoms. The van der Waals surface area contributed by atoms with Crippen LogP contribution < -0.4 is 22.4 Å². The first-order valence-electron chi connectivity index (χ1n) is 24.5. The Balaban J connectivity index is 0.000000223. The molecule has 4 aliphatic heterocycles. The second kappa shape index (κ2) is 20.8. The molecule has 3 saturated heterocycles. The van der Waals surface area contributed by atoms with E-state index in [0.29, 0.717) is 87.8 Å². The monoisotopic (exact) mass is 989 g/mol. The van der Waals surface area contributed by atoms with E-state index in [2.05, 4.69) is 90.9 Å². The number of amides is 2. The Morgan fingerprint density at radius 3 is 1.76 bits per heavy atom. The van der Waals surface area contributed by atoms with Crippen LogP contribution in [0, 0.1) is 39.9 Å². The molecule has 2 amide bonds. The van der Waals surface area contributed by atoms with Crippen molar-refractivity contribution in [3.63, 3.8) is 0 Å². The molecule has 5 N–H and O–H groups in total. The number of carbonyl (C=O) groups excluding carboxylic acids is 2. The normalized spacial score (nSPS) is 22.2. The maximum atomic E-state index is 12.5. The van der Waals surface area contributed by atoms with Crippen LogP contribution in [0.25, 0.3) is 0 Å². The van der Waals surface area contributed by atoms with Crippen molar-refractivity contribution in [3.8, 4) is 12.1 Å². The number of benzene rings is 2. The highest BCUT2D eigenvalue weighted by atomic mass is 28.4. The fourth-order valence-electron chi connectivity index (χ4n) is 9.59. The lowest BCUT2D eigenvalue weighted by molar-refractivity contribution is 0.0334. The first kappa shape index (κ1) is 53.6. The predicted octanol–water partition coefficient (Wildman–Crippen LogP) is 5.33. The first-order valence-corrected chi connectivity index (χ1v) is 27.4. The number of hydrogen-bond donors (Lipinski definition) is 3. The summed E-state index contributed by atoms with van der Waals surface area (Å²) in [7, 11) is -3.64. The van der Waals surface area contributed by atoms with E-state index in [1.807, 2.05) is 38.1 Å². The summed E-state index contributed by atoms with van der Waals surface area (Å²) in [5, 5.41) is 38.7. The van der Waals surface area contributed by atoms with Crippen LogP contribution >= 0.6 is 0 Å². The van der Waals surface area contributed by atoms with Gasteiger partial charge in [-0.05, 0) is 91.8 Å². The summed E-state index contributed by atoms with van der Waals surface area (Å²) < 4.78 is 39.6. The average molecular weight is 989 g/mol. The zero-order valence-corrected chi connectivity index (χ0v) is 44.2. The molecule has 71 heavy (non-hydrogen) atoms. The van der Waals surface area contributed by atoms with Crippen molar-refractivity contribution < 1.29 is 42.5 Å². The lowest BCUT2D eigenvalue weighted by Gasteiger charge is -2.44. The Kier molecular flexibility index (Phi) is 15.7. The summed E-state index contributed by atoms with van der Waals surface area (Å²) in [6.07, 6.45) is 5.26. The Bertz CT molecular complexity index is 2690. The fraction of sp³-hybridized carbons (Fsp3) is 0.569. The molecule has 4 aliphatic rings. The van der Waals surface area contributed by atoms with Crippen molar-refractivity contribution in [1.29, 1.82) is 10.5 Å². The van der Waals surface area contributed by atoms with Gasteiger partial charge in [0.2, 0.25) is 0 Å². The van der Waals surface area contributed by atoms with Crippen LogP contribution in [0.5, 0.6) is 0 Å². The van der Waals surface area contributed by atoms with E-state index in [4.69, 9.17) is 44.4 Å². The highest BCUT2D eigenvalue weighted by Gasteiger charge is 2.45. The van der Waals surface area contributed by atoms with Crippen LogP contribution in [0.2, 0.25) is 18.1 Å². The lowest BCUT2D eigenvalue weighted by atomic mass is 9.70. The number of carbonyl (C=O) groups is 2. The van der Waals surface area contributed by atoms with E-state index < -0.39 is 45.6 Å². The number of nitrogens with zero attached hydrogens (tertiary/aromatic N) is 6. The van der Waals surface area contributed by atoms with Gasteiger partial charge in [-0.3, -0.25) is 19.0 Å². The number of ether oxygens (including phenoxy) is 2. The highest BCUT2D eigenvalue weighted by molar-refractivity contribution is 6.74. The van der Waals surface area contributed by atoms with E-state index in [0.717, 1.165) is 33.2 Å². The molecule has 2 aromatic carbocycles. The summed E-state index contributed by atoms with van der Waals surface area (Å²) in [5.41, 5.74) is 17.3. The molecule has 2 unspecified atom stereocenters. The molecule has 0 radical (unpaired) electrons. The van der Waals surface area contributed by atoms with Gasteiger partial charge < -0.3 is 44.4 Å². The van der Waals surface area contributed by atoms with Gasteiger partial charge in [-0.2, -0.15) is 20.7 Å². The van der Waals surface area contributed by atoms with Crippen LogP contribution in [0.4, 0.5) is 0 Å². The number of rotatable bonds is 12. The fourth-order valence-corrected chi connectivity index (χ4v) is 11.3. The predicted molar refractivity (Wildman–Crippen MR) is 271 cm³/mol. The summed E-state index contributed by atoms with van der Waals surface area (Å²) in [6, 6.07) is 16.1. The van der Waals surface area contributed by atoms with Gasteiger partial charge in [-0.15, -0.1) is 0 Å². The number of fused-ring (bicyclic) bond motifs is 1. The van der Waals surface area contributed by atoms with E-state index in [1.165, 1.54) is 0 Å². The lowest BCUT2D eigenvalue weighted by Crippen LogP contribution is -2.52. The van der Waals surface area contributed by atoms with Crippen molar-refractivity contribution in [2.45, 2.75) is 129 Å². The summed E-state index contributed by atoms with van der Waals surface area (Å²) in [5.74, 6) is -1.59. The number of nitrogens with two attached hydrogens (primary N) is 2. The Hall–Kier alpha value is -5.15. The van der Waals surface area contributed by atoms with Gasteiger partial charge in [0.1, 0.15) is 0 Å². The molecule has 3 fully saturated rings. The molecular weight excluding hydrogens is 918 g/mol. The second-order valence-electron chi connectivity index (χ2n) is 22.7. The van der Waals surface area contributed by atoms with Crippen molar-refractivity contribution in [2.75, 3.05) is 39.6 Å². The maximum Gasteiger partial charge on any atom is 0.494 e. The summed E-state index contributed by atoms with van der Waals surface area (Å²) in [4.78, 5) is 24.4. The molecule has 0 aliphatic carbocycles. The van der Waals surface area contributed by atoms with Gasteiger partial charge in [0.05, 0.1) is 83.0 Å². The van der Waals surface area contributed by atoms with E-state index >= 15 is 0 Å². The Morgan fingerprint density at radius 2 is 1.30 bits per heavy atom. The molecule has 378 valence electrons. The van der Waals surface area contributed by atoms with Crippen LogP contribution in [0.15, 0.2) is 48.8 Å². The van der Waals surface area contributed by atoms with Crippen molar-refractivity contribution >= 4 is 45.3 Å². The number of nitriles is 2. The first-order chi connectivity index (χ1) is 33.2. The topological polar surface area (TPSA) is 245 Å². The third kappa shape index (κ3) is 11.9. The third-order valence-corrected chi connectivity index (χ3v) is 19.2. The Labute approximate surface area is 419 Å². The molecular formula is C51H70B2N8O9Si. The van der Waals surface area contributed by atoms with Crippen LogP contribution in [0.1, 0.15) is 142 Å². The number of primary amides is 2. The number of hydrogen-bond acceptors (Lipinski definition) is 13. The molecule has 17 nitrogen and oxygen atoms in total.